The van der Waals surface area contributed by atoms with Crippen LogP contribution in [0.1, 0.15) is 44.0 Å². The van der Waals surface area contributed by atoms with Gasteiger partial charge in [-0.3, -0.25) is 9.89 Å². The number of imidazole rings is 1. The molecule has 1 saturated heterocycles. The Hall–Kier alpha value is -4.18. The average Bonchev–Trinajstić information content (AvgIpc) is 3.56. The number of benzene rings is 2. The number of H-pyrrole nitrogens is 2. The SMILES string of the molecule is CC(C)(C)OC(=O)NC1CCN(CCNC(=O)c2ccc3[nH]nc(-c4nc(-c5ccccc5)c[nH]4)c3c2)CC1. The van der Waals surface area contributed by atoms with Gasteiger partial charge < -0.3 is 25.3 Å². The molecule has 1 aliphatic heterocycles. The number of hydrogen-bond acceptors (Lipinski definition) is 6. The van der Waals surface area contributed by atoms with Crippen molar-refractivity contribution < 1.29 is 14.3 Å². The number of amides is 2. The molecule has 4 aromatic rings. The van der Waals surface area contributed by atoms with Crippen molar-refractivity contribution in [2.24, 2.45) is 0 Å². The summed E-state index contributed by atoms with van der Waals surface area (Å²) in [7, 11) is 0. The Morgan fingerprint density at radius 3 is 2.62 bits per heavy atom. The van der Waals surface area contributed by atoms with Gasteiger partial charge in [0.25, 0.3) is 5.91 Å². The van der Waals surface area contributed by atoms with E-state index in [2.05, 4.69) is 30.7 Å². The summed E-state index contributed by atoms with van der Waals surface area (Å²) in [6.45, 7) is 8.57. The highest BCUT2D eigenvalue weighted by atomic mass is 16.6. The molecule has 2 aromatic carbocycles. The van der Waals surface area contributed by atoms with Gasteiger partial charge in [-0.15, -0.1) is 0 Å². The monoisotopic (exact) mass is 529 g/mol. The number of likely N-dealkylation sites (tertiary alicyclic amines) is 1. The van der Waals surface area contributed by atoms with E-state index in [0.29, 0.717) is 23.6 Å². The van der Waals surface area contributed by atoms with E-state index in [-0.39, 0.29) is 18.0 Å². The van der Waals surface area contributed by atoms with Crippen LogP contribution in [0.4, 0.5) is 4.79 Å². The molecule has 0 spiro atoms. The maximum Gasteiger partial charge on any atom is 0.407 e. The number of rotatable bonds is 7. The molecule has 3 heterocycles. The fourth-order valence-electron chi connectivity index (χ4n) is 4.74. The van der Waals surface area contributed by atoms with E-state index in [9.17, 15) is 9.59 Å². The number of alkyl carbamates (subject to hydrolysis) is 1. The van der Waals surface area contributed by atoms with Crippen molar-refractivity contribution in [2.75, 3.05) is 26.2 Å². The highest BCUT2D eigenvalue weighted by Gasteiger charge is 2.23. The van der Waals surface area contributed by atoms with Crippen LogP contribution in [0.15, 0.2) is 54.7 Å². The number of aromatic amines is 2. The maximum absolute atomic E-state index is 12.9. The molecule has 2 aromatic heterocycles. The van der Waals surface area contributed by atoms with Crippen LogP contribution in [-0.4, -0.2) is 74.9 Å². The van der Waals surface area contributed by atoms with Gasteiger partial charge in [0.05, 0.1) is 11.2 Å². The summed E-state index contributed by atoms with van der Waals surface area (Å²) >= 11 is 0. The zero-order valence-corrected chi connectivity index (χ0v) is 22.6. The van der Waals surface area contributed by atoms with Crippen LogP contribution in [-0.2, 0) is 4.74 Å². The van der Waals surface area contributed by atoms with Gasteiger partial charge >= 0.3 is 6.09 Å². The second-order valence-electron chi connectivity index (χ2n) is 10.9. The van der Waals surface area contributed by atoms with Crippen molar-refractivity contribution >= 4 is 22.9 Å². The summed E-state index contributed by atoms with van der Waals surface area (Å²) in [6, 6.07) is 15.6. The minimum atomic E-state index is -0.503. The molecule has 0 atom stereocenters. The van der Waals surface area contributed by atoms with Gasteiger partial charge in [0.15, 0.2) is 5.82 Å². The molecule has 2 amide bonds. The quantitative estimate of drug-likeness (QED) is 0.282. The van der Waals surface area contributed by atoms with Crippen molar-refractivity contribution in [2.45, 2.75) is 45.3 Å². The Morgan fingerprint density at radius 1 is 1.10 bits per heavy atom. The number of nitrogens with one attached hydrogen (secondary N) is 4. The first kappa shape index (κ1) is 26.4. The third-order valence-corrected chi connectivity index (χ3v) is 6.72. The lowest BCUT2D eigenvalue weighted by molar-refractivity contribution is 0.0478. The Kier molecular flexibility index (Phi) is 7.65. The molecule has 1 aliphatic rings. The average molecular weight is 530 g/mol. The topological polar surface area (TPSA) is 128 Å². The second kappa shape index (κ2) is 11.3. The van der Waals surface area contributed by atoms with Gasteiger partial charge in [0, 0.05) is 54.9 Å². The molecule has 0 bridgehead atoms. The number of hydrogen-bond donors (Lipinski definition) is 4. The van der Waals surface area contributed by atoms with E-state index in [0.717, 1.165) is 54.6 Å². The van der Waals surface area contributed by atoms with Crippen molar-refractivity contribution in [3.63, 3.8) is 0 Å². The van der Waals surface area contributed by atoms with Crippen molar-refractivity contribution in [1.29, 1.82) is 0 Å². The molecule has 0 saturated carbocycles. The van der Waals surface area contributed by atoms with Gasteiger partial charge in [-0.05, 0) is 51.8 Å². The standard InChI is InChI=1S/C29H35N7O3/c1-29(2,3)39-28(38)32-21-11-14-36(15-12-21)16-13-30-27(37)20-9-10-23-22(17-20)25(35-34-23)26-31-18-24(33-26)19-7-5-4-6-8-19/h4-10,17-18,21H,11-16H2,1-3H3,(H,30,37)(H,31,33)(H,32,38)(H,34,35). The zero-order chi connectivity index (χ0) is 27.4. The van der Waals surface area contributed by atoms with Gasteiger partial charge in [0.2, 0.25) is 0 Å². The lowest BCUT2D eigenvalue weighted by atomic mass is 10.1. The molecule has 1 fully saturated rings. The van der Waals surface area contributed by atoms with Crippen LogP contribution in [0.3, 0.4) is 0 Å². The number of carbonyl (C=O) groups is 2. The lowest BCUT2D eigenvalue weighted by Crippen LogP contribution is -2.47. The van der Waals surface area contributed by atoms with Crippen LogP contribution >= 0.6 is 0 Å². The van der Waals surface area contributed by atoms with Crippen LogP contribution < -0.4 is 10.6 Å². The summed E-state index contributed by atoms with van der Waals surface area (Å²) in [4.78, 5) is 35.2. The van der Waals surface area contributed by atoms with E-state index in [1.54, 1.807) is 6.07 Å². The first-order chi connectivity index (χ1) is 18.7. The summed E-state index contributed by atoms with van der Waals surface area (Å²) in [5.74, 6) is 0.511. The fourth-order valence-corrected chi connectivity index (χ4v) is 4.74. The first-order valence-electron chi connectivity index (χ1n) is 13.3. The predicted molar refractivity (Wildman–Crippen MR) is 150 cm³/mol. The second-order valence-corrected chi connectivity index (χ2v) is 10.9. The molecule has 4 N–H and O–H groups in total. The largest absolute Gasteiger partial charge is 0.444 e. The number of piperidine rings is 1. The fraction of sp³-hybridized carbons (Fsp3) is 0.379. The zero-order valence-electron chi connectivity index (χ0n) is 22.6. The van der Waals surface area contributed by atoms with Crippen molar-refractivity contribution in [3.05, 3.63) is 60.3 Å². The summed E-state index contributed by atoms with van der Waals surface area (Å²) < 4.78 is 5.35. The minimum Gasteiger partial charge on any atom is -0.444 e. The van der Waals surface area contributed by atoms with Gasteiger partial charge in [-0.1, -0.05) is 30.3 Å². The highest BCUT2D eigenvalue weighted by Crippen LogP contribution is 2.27. The molecule has 204 valence electrons. The Bertz CT molecular complexity index is 1430. The van der Waals surface area contributed by atoms with E-state index in [4.69, 9.17) is 9.72 Å². The minimum absolute atomic E-state index is 0.111. The van der Waals surface area contributed by atoms with Crippen molar-refractivity contribution in [1.82, 2.24) is 35.7 Å². The Morgan fingerprint density at radius 2 is 1.87 bits per heavy atom. The molecule has 10 nitrogen and oxygen atoms in total. The molecular formula is C29H35N7O3. The van der Waals surface area contributed by atoms with E-state index >= 15 is 0 Å². The predicted octanol–water partition coefficient (Wildman–Crippen LogP) is 4.34. The van der Waals surface area contributed by atoms with Crippen LogP contribution in [0.5, 0.6) is 0 Å². The highest BCUT2D eigenvalue weighted by molar-refractivity contribution is 6.01. The summed E-state index contributed by atoms with van der Waals surface area (Å²) in [6.07, 6.45) is 3.20. The van der Waals surface area contributed by atoms with Crippen LogP contribution in [0.25, 0.3) is 33.7 Å². The van der Waals surface area contributed by atoms with Gasteiger partial charge in [0.1, 0.15) is 11.3 Å². The molecule has 0 radical (unpaired) electrons. The number of carbonyl (C=O) groups excluding carboxylic acids is 2. The normalized spacial score (nSPS) is 14.8. The molecule has 39 heavy (non-hydrogen) atoms. The van der Waals surface area contributed by atoms with Gasteiger partial charge in [-0.25, -0.2) is 9.78 Å². The van der Waals surface area contributed by atoms with Crippen molar-refractivity contribution in [3.8, 4) is 22.8 Å². The van der Waals surface area contributed by atoms with Crippen LogP contribution in [0, 0.1) is 0 Å². The van der Waals surface area contributed by atoms with Crippen LogP contribution in [0.2, 0.25) is 0 Å². The third-order valence-electron chi connectivity index (χ3n) is 6.72. The molecule has 10 heteroatoms. The van der Waals surface area contributed by atoms with Gasteiger partial charge in [-0.2, -0.15) is 5.10 Å². The van der Waals surface area contributed by atoms with E-state index < -0.39 is 5.60 Å². The first-order valence-corrected chi connectivity index (χ1v) is 13.3. The third kappa shape index (κ3) is 6.64. The number of fused-ring (bicyclic) bond motifs is 1. The summed E-state index contributed by atoms with van der Waals surface area (Å²) in [5.41, 5.74) is 3.42. The molecular weight excluding hydrogens is 494 g/mol. The van der Waals surface area contributed by atoms with E-state index in [1.807, 2.05) is 69.4 Å². The number of ether oxygens (including phenoxy) is 1. The van der Waals surface area contributed by atoms with E-state index in [1.165, 1.54) is 0 Å². The number of nitrogens with zero attached hydrogens (tertiary/aromatic N) is 3. The smallest absolute Gasteiger partial charge is 0.407 e. The Balaban J connectivity index is 1.14. The molecule has 0 aliphatic carbocycles. The maximum atomic E-state index is 12.9. The molecule has 5 rings (SSSR count). The summed E-state index contributed by atoms with van der Waals surface area (Å²) in [5, 5.41) is 14.3. The number of aromatic nitrogens is 4. The molecule has 0 unspecified atom stereocenters. The lowest BCUT2D eigenvalue weighted by Gasteiger charge is -2.32. The Labute approximate surface area is 227 Å².